The minimum absolute atomic E-state index is 0.157. The van der Waals surface area contributed by atoms with Gasteiger partial charge in [0.1, 0.15) is 5.75 Å². The van der Waals surface area contributed by atoms with Crippen LogP contribution in [-0.2, 0) is 16.1 Å². The quantitative estimate of drug-likeness (QED) is 0.667. The summed E-state index contributed by atoms with van der Waals surface area (Å²) in [5, 5.41) is 5.17. The predicted octanol–water partition coefficient (Wildman–Crippen LogP) is 4.78. The molecule has 0 unspecified atom stereocenters. The van der Waals surface area contributed by atoms with Crippen molar-refractivity contribution in [3.63, 3.8) is 0 Å². The summed E-state index contributed by atoms with van der Waals surface area (Å²) in [7, 11) is 1.65. The summed E-state index contributed by atoms with van der Waals surface area (Å²) >= 11 is 0. The normalized spacial score (nSPS) is 11.9. The summed E-state index contributed by atoms with van der Waals surface area (Å²) in [4.78, 5) is 12.6. The van der Waals surface area contributed by atoms with Gasteiger partial charge < -0.3 is 14.8 Å². The fourth-order valence-electron chi connectivity index (χ4n) is 2.86. The van der Waals surface area contributed by atoms with Gasteiger partial charge in [0.2, 0.25) is 0 Å². The van der Waals surface area contributed by atoms with Crippen LogP contribution in [0.15, 0.2) is 66.7 Å². The van der Waals surface area contributed by atoms with Crippen molar-refractivity contribution >= 4 is 22.4 Å². The second-order valence-electron chi connectivity index (χ2n) is 6.15. The Bertz CT molecular complexity index is 891. The van der Waals surface area contributed by atoms with Crippen molar-refractivity contribution in [1.29, 1.82) is 0 Å². The van der Waals surface area contributed by atoms with Crippen LogP contribution in [0.1, 0.15) is 18.9 Å². The van der Waals surface area contributed by atoms with Crippen LogP contribution in [0.4, 0.5) is 5.69 Å². The molecule has 1 amide bonds. The number of carbonyl (C=O) groups excluding carboxylic acids is 1. The summed E-state index contributed by atoms with van der Waals surface area (Å²) in [6, 6.07) is 21.6. The smallest absolute Gasteiger partial charge is 0.265 e. The van der Waals surface area contributed by atoms with Crippen LogP contribution >= 0.6 is 0 Å². The Labute approximate surface area is 153 Å². The highest BCUT2D eigenvalue weighted by atomic mass is 16.5. The van der Waals surface area contributed by atoms with Gasteiger partial charge in [0.05, 0.1) is 6.61 Å². The molecular weight excluding hydrogens is 326 g/mol. The van der Waals surface area contributed by atoms with E-state index in [9.17, 15) is 4.79 Å². The zero-order valence-electron chi connectivity index (χ0n) is 15.1. The van der Waals surface area contributed by atoms with Crippen LogP contribution in [-0.4, -0.2) is 19.1 Å². The molecule has 0 saturated heterocycles. The van der Waals surface area contributed by atoms with E-state index in [1.807, 2.05) is 67.6 Å². The van der Waals surface area contributed by atoms with Gasteiger partial charge in [0.15, 0.2) is 6.10 Å². The zero-order valence-corrected chi connectivity index (χ0v) is 15.1. The minimum Gasteiger partial charge on any atom is -0.481 e. The van der Waals surface area contributed by atoms with Crippen molar-refractivity contribution in [2.45, 2.75) is 26.1 Å². The van der Waals surface area contributed by atoms with Crippen LogP contribution in [0.25, 0.3) is 10.8 Å². The number of carbonyl (C=O) groups is 1. The SMILES string of the molecule is CC[C@H](Oc1ccc2ccccc2c1)C(=O)Nc1cccc(COC)c1. The van der Waals surface area contributed by atoms with E-state index in [4.69, 9.17) is 9.47 Å². The number of nitrogens with one attached hydrogen (secondary N) is 1. The van der Waals surface area contributed by atoms with Crippen LogP contribution in [0.3, 0.4) is 0 Å². The summed E-state index contributed by atoms with van der Waals surface area (Å²) in [6.07, 6.45) is 0.0263. The van der Waals surface area contributed by atoms with E-state index in [0.717, 1.165) is 22.0 Å². The molecule has 0 aliphatic carbocycles. The summed E-state index contributed by atoms with van der Waals surface area (Å²) in [5.41, 5.74) is 1.75. The third-order valence-corrected chi connectivity index (χ3v) is 4.17. The number of methoxy groups -OCH3 is 1. The summed E-state index contributed by atoms with van der Waals surface area (Å²) in [6.45, 7) is 2.45. The minimum atomic E-state index is -0.553. The first-order valence-electron chi connectivity index (χ1n) is 8.74. The molecule has 0 fully saturated rings. The lowest BCUT2D eigenvalue weighted by molar-refractivity contribution is -0.122. The molecular formula is C22H23NO3. The lowest BCUT2D eigenvalue weighted by Gasteiger charge is -2.18. The van der Waals surface area contributed by atoms with Gasteiger partial charge in [-0.15, -0.1) is 0 Å². The maximum absolute atomic E-state index is 12.6. The first-order valence-corrected chi connectivity index (χ1v) is 8.74. The number of ether oxygens (including phenoxy) is 2. The fraction of sp³-hybridized carbons (Fsp3) is 0.227. The zero-order chi connectivity index (χ0) is 18.4. The van der Waals surface area contributed by atoms with Crippen molar-refractivity contribution in [2.24, 2.45) is 0 Å². The van der Waals surface area contributed by atoms with E-state index in [1.54, 1.807) is 7.11 Å². The summed E-state index contributed by atoms with van der Waals surface area (Å²) < 4.78 is 11.1. The molecule has 4 heteroatoms. The number of fused-ring (bicyclic) bond motifs is 1. The predicted molar refractivity (Wildman–Crippen MR) is 104 cm³/mol. The van der Waals surface area contributed by atoms with Gasteiger partial charge in [0.25, 0.3) is 5.91 Å². The van der Waals surface area contributed by atoms with Gasteiger partial charge in [-0.25, -0.2) is 0 Å². The number of hydrogen-bond acceptors (Lipinski definition) is 3. The molecule has 1 N–H and O–H groups in total. The molecule has 0 spiro atoms. The maximum Gasteiger partial charge on any atom is 0.265 e. The van der Waals surface area contributed by atoms with Crippen molar-refractivity contribution in [2.75, 3.05) is 12.4 Å². The van der Waals surface area contributed by atoms with E-state index in [-0.39, 0.29) is 5.91 Å². The van der Waals surface area contributed by atoms with Crippen molar-refractivity contribution in [3.05, 3.63) is 72.3 Å². The molecule has 0 aliphatic rings. The van der Waals surface area contributed by atoms with E-state index >= 15 is 0 Å². The Morgan fingerprint density at radius 1 is 1.00 bits per heavy atom. The van der Waals surface area contributed by atoms with Crippen LogP contribution in [0.2, 0.25) is 0 Å². The molecule has 0 saturated carbocycles. The van der Waals surface area contributed by atoms with Crippen molar-refractivity contribution < 1.29 is 14.3 Å². The number of amides is 1. The Balaban J connectivity index is 1.70. The van der Waals surface area contributed by atoms with Crippen LogP contribution in [0.5, 0.6) is 5.75 Å². The van der Waals surface area contributed by atoms with Gasteiger partial charge in [-0.2, -0.15) is 0 Å². The van der Waals surface area contributed by atoms with Gasteiger partial charge in [-0.3, -0.25) is 4.79 Å². The first kappa shape index (κ1) is 18.0. The Hall–Kier alpha value is -2.85. The number of anilines is 1. The molecule has 4 nitrogen and oxygen atoms in total. The van der Waals surface area contributed by atoms with Gasteiger partial charge in [-0.05, 0) is 47.0 Å². The van der Waals surface area contributed by atoms with Crippen molar-refractivity contribution in [1.82, 2.24) is 0 Å². The Morgan fingerprint density at radius 2 is 1.81 bits per heavy atom. The van der Waals surface area contributed by atoms with Crippen LogP contribution in [0, 0.1) is 0 Å². The highest BCUT2D eigenvalue weighted by molar-refractivity contribution is 5.94. The molecule has 3 rings (SSSR count). The van der Waals surface area contributed by atoms with E-state index in [1.165, 1.54) is 0 Å². The fourth-order valence-corrected chi connectivity index (χ4v) is 2.86. The second-order valence-corrected chi connectivity index (χ2v) is 6.15. The van der Waals surface area contributed by atoms with Gasteiger partial charge in [0, 0.05) is 12.8 Å². The molecule has 0 aliphatic heterocycles. The lowest BCUT2D eigenvalue weighted by atomic mass is 10.1. The number of benzene rings is 3. The van der Waals surface area contributed by atoms with Crippen molar-refractivity contribution in [3.8, 4) is 5.75 Å². The highest BCUT2D eigenvalue weighted by Gasteiger charge is 2.18. The Kier molecular flexibility index (Phi) is 5.87. The van der Waals surface area contributed by atoms with Crippen LogP contribution < -0.4 is 10.1 Å². The van der Waals surface area contributed by atoms with Gasteiger partial charge >= 0.3 is 0 Å². The largest absolute Gasteiger partial charge is 0.481 e. The third-order valence-electron chi connectivity index (χ3n) is 4.17. The molecule has 0 aromatic heterocycles. The average molecular weight is 349 g/mol. The molecule has 1 atom stereocenters. The molecule has 3 aromatic rings. The monoisotopic (exact) mass is 349 g/mol. The molecule has 0 radical (unpaired) electrons. The molecule has 26 heavy (non-hydrogen) atoms. The standard InChI is InChI=1S/C22H23NO3/c1-3-21(22(24)23-19-10-6-7-16(13-19)15-25-2)26-20-12-11-17-8-4-5-9-18(17)14-20/h4-14,21H,3,15H2,1-2H3,(H,23,24)/t21-/m0/s1. The maximum atomic E-state index is 12.6. The first-order chi connectivity index (χ1) is 12.7. The Morgan fingerprint density at radius 3 is 2.58 bits per heavy atom. The van der Waals surface area contributed by atoms with E-state index in [0.29, 0.717) is 18.8 Å². The summed E-state index contributed by atoms with van der Waals surface area (Å²) in [5.74, 6) is 0.536. The molecule has 0 heterocycles. The molecule has 3 aromatic carbocycles. The van der Waals surface area contributed by atoms with E-state index in [2.05, 4.69) is 11.4 Å². The number of rotatable bonds is 7. The van der Waals surface area contributed by atoms with Gasteiger partial charge in [-0.1, -0.05) is 49.4 Å². The second kappa shape index (κ2) is 8.50. The molecule has 0 bridgehead atoms. The number of hydrogen-bond donors (Lipinski definition) is 1. The third kappa shape index (κ3) is 4.41. The average Bonchev–Trinajstić information content (AvgIpc) is 2.66. The highest BCUT2D eigenvalue weighted by Crippen LogP contribution is 2.22. The lowest BCUT2D eigenvalue weighted by Crippen LogP contribution is -2.32. The molecule has 134 valence electrons. The topological polar surface area (TPSA) is 47.6 Å². The van der Waals surface area contributed by atoms with E-state index < -0.39 is 6.10 Å².